The van der Waals surface area contributed by atoms with Crippen molar-refractivity contribution in [1.29, 1.82) is 5.26 Å². The molecule has 26 heavy (non-hydrogen) atoms. The number of nitrogens with zero attached hydrogens (tertiary/aromatic N) is 1. The first kappa shape index (κ1) is 18.9. The van der Waals surface area contributed by atoms with E-state index in [2.05, 4.69) is 10.6 Å². The van der Waals surface area contributed by atoms with Gasteiger partial charge in [-0.05, 0) is 18.2 Å². The summed E-state index contributed by atoms with van der Waals surface area (Å²) in [5.74, 6) is 0.437. The van der Waals surface area contributed by atoms with Crippen molar-refractivity contribution in [3.8, 4) is 23.3 Å². The van der Waals surface area contributed by atoms with Gasteiger partial charge in [0.1, 0.15) is 17.6 Å². The Labute approximate surface area is 150 Å². The predicted octanol–water partition coefficient (Wildman–Crippen LogP) is 3.04. The van der Waals surface area contributed by atoms with Crippen LogP contribution < -0.4 is 24.8 Å². The van der Waals surface area contributed by atoms with E-state index in [9.17, 15) is 9.18 Å². The van der Waals surface area contributed by atoms with Crippen LogP contribution in [0.1, 0.15) is 11.1 Å². The van der Waals surface area contributed by atoms with Gasteiger partial charge in [0, 0.05) is 24.2 Å². The zero-order valence-electron chi connectivity index (χ0n) is 14.6. The van der Waals surface area contributed by atoms with Gasteiger partial charge in [-0.2, -0.15) is 5.26 Å². The van der Waals surface area contributed by atoms with Gasteiger partial charge in [-0.15, -0.1) is 0 Å². The quantitative estimate of drug-likeness (QED) is 0.827. The minimum absolute atomic E-state index is 0.0134. The lowest BCUT2D eigenvalue weighted by Crippen LogP contribution is -2.28. The molecule has 0 saturated carbocycles. The highest BCUT2D eigenvalue weighted by molar-refractivity contribution is 5.91. The van der Waals surface area contributed by atoms with Crippen LogP contribution in [0.25, 0.3) is 0 Å². The lowest BCUT2D eigenvalue weighted by atomic mass is 10.1. The molecule has 0 heterocycles. The molecule has 0 fully saturated rings. The van der Waals surface area contributed by atoms with E-state index in [-0.39, 0.29) is 23.5 Å². The van der Waals surface area contributed by atoms with Crippen molar-refractivity contribution < 1.29 is 23.4 Å². The number of hydrogen-bond acceptors (Lipinski definition) is 5. The highest BCUT2D eigenvalue weighted by atomic mass is 19.1. The van der Waals surface area contributed by atoms with Gasteiger partial charge in [0.05, 0.1) is 32.6 Å². The molecule has 0 aliphatic rings. The lowest BCUT2D eigenvalue weighted by Gasteiger charge is -2.13. The molecular formula is C18H18FN3O4. The molecule has 0 aromatic heterocycles. The van der Waals surface area contributed by atoms with Gasteiger partial charge in [0.2, 0.25) is 0 Å². The number of nitrogens with one attached hydrogen (secondary N) is 2. The summed E-state index contributed by atoms with van der Waals surface area (Å²) in [4.78, 5) is 12.1. The van der Waals surface area contributed by atoms with Crippen molar-refractivity contribution in [2.75, 3.05) is 26.6 Å². The minimum atomic E-state index is -0.682. The number of urea groups is 1. The minimum Gasteiger partial charge on any atom is -0.497 e. The summed E-state index contributed by atoms with van der Waals surface area (Å²) in [6, 6.07) is 8.73. The Morgan fingerprint density at radius 2 is 1.85 bits per heavy atom. The van der Waals surface area contributed by atoms with E-state index in [0.29, 0.717) is 11.5 Å². The maximum absolute atomic E-state index is 13.6. The topological polar surface area (TPSA) is 92.6 Å². The Morgan fingerprint density at radius 3 is 2.46 bits per heavy atom. The zero-order chi connectivity index (χ0) is 19.1. The van der Waals surface area contributed by atoms with Crippen LogP contribution in [0.5, 0.6) is 17.2 Å². The molecule has 0 saturated heterocycles. The molecule has 8 heteroatoms. The fraction of sp³-hybridized carbons (Fsp3) is 0.222. The van der Waals surface area contributed by atoms with E-state index in [1.165, 1.54) is 20.3 Å². The van der Waals surface area contributed by atoms with Crippen molar-refractivity contribution in [2.45, 2.75) is 6.54 Å². The number of amides is 2. The van der Waals surface area contributed by atoms with Gasteiger partial charge in [-0.1, -0.05) is 0 Å². The standard InChI is InChI=1S/C18H18FN3O4/c1-24-13-5-4-11(16(7-13)25-2)10-21-18(23)22-15-8-17(26-3)14(19)6-12(15)9-20/h4-8H,10H2,1-3H3,(H2,21,22,23). The number of carbonyl (C=O) groups is 1. The van der Waals surface area contributed by atoms with Gasteiger partial charge in [0.25, 0.3) is 0 Å². The molecule has 0 bridgehead atoms. The fourth-order valence-corrected chi connectivity index (χ4v) is 2.25. The Hall–Kier alpha value is -3.47. The van der Waals surface area contributed by atoms with Crippen LogP contribution in [0, 0.1) is 17.1 Å². The highest BCUT2D eigenvalue weighted by Crippen LogP contribution is 2.26. The van der Waals surface area contributed by atoms with Crippen LogP contribution in [0.4, 0.5) is 14.9 Å². The number of rotatable bonds is 6. The van der Waals surface area contributed by atoms with Crippen LogP contribution in [-0.4, -0.2) is 27.4 Å². The second kappa shape index (κ2) is 8.58. The third-order valence-corrected chi connectivity index (χ3v) is 3.59. The SMILES string of the molecule is COc1ccc(CNC(=O)Nc2cc(OC)c(F)cc2C#N)c(OC)c1. The molecule has 2 aromatic rings. The molecule has 0 aliphatic carbocycles. The fourth-order valence-electron chi connectivity index (χ4n) is 2.25. The number of nitriles is 1. The van der Waals surface area contributed by atoms with Crippen LogP contribution in [0.2, 0.25) is 0 Å². The Bertz CT molecular complexity index is 849. The monoisotopic (exact) mass is 359 g/mol. The Morgan fingerprint density at radius 1 is 1.12 bits per heavy atom. The van der Waals surface area contributed by atoms with Crippen molar-refractivity contribution >= 4 is 11.7 Å². The number of benzene rings is 2. The molecule has 2 amide bonds. The molecule has 7 nitrogen and oxygen atoms in total. The summed E-state index contributed by atoms with van der Waals surface area (Å²) < 4.78 is 28.9. The summed E-state index contributed by atoms with van der Waals surface area (Å²) in [5.41, 5.74) is 0.867. The molecule has 2 rings (SSSR count). The molecule has 0 atom stereocenters. The first-order valence-corrected chi connectivity index (χ1v) is 7.55. The third kappa shape index (κ3) is 4.33. The summed E-state index contributed by atoms with van der Waals surface area (Å²) in [6.07, 6.45) is 0. The average Bonchev–Trinajstić information content (AvgIpc) is 2.67. The normalized spacial score (nSPS) is 9.81. The Kier molecular flexibility index (Phi) is 6.22. The smallest absolute Gasteiger partial charge is 0.319 e. The largest absolute Gasteiger partial charge is 0.497 e. The van der Waals surface area contributed by atoms with Crippen LogP contribution in [0.15, 0.2) is 30.3 Å². The second-order valence-electron chi connectivity index (χ2n) is 5.13. The number of hydrogen-bond donors (Lipinski definition) is 2. The third-order valence-electron chi connectivity index (χ3n) is 3.59. The number of carbonyl (C=O) groups excluding carboxylic acids is 1. The number of halogens is 1. The highest BCUT2D eigenvalue weighted by Gasteiger charge is 2.13. The van der Waals surface area contributed by atoms with Crippen molar-refractivity contribution in [1.82, 2.24) is 5.32 Å². The molecule has 136 valence electrons. The maximum Gasteiger partial charge on any atom is 0.319 e. The molecule has 2 aromatic carbocycles. The molecule has 0 unspecified atom stereocenters. The van der Waals surface area contributed by atoms with Crippen molar-refractivity contribution in [3.63, 3.8) is 0 Å². The number of anilines is 1. The summed E-state index contributed by atoms with van der Waals surface area (Å²) in [6.45, 7) is 0.180. The molecule has 0 spiro atoms. The van der Waals surface area contributed by atoms with Gasteiger partial charge in [0.15, 0.2) is 11.6 Å². The van der Waals surface area contributed by atoms with E-state index in [1.54, 1.807) is 25.3 Å². The molecular weight excluding hydrogens is 341 g/mol. The Balaban J connectivity index is 2.09. The maximum atomic E-state index is 13.6. The second-order valence-corrected chi connectivity index (χ2v) is 5.13. The first-order chi connectivity index (χ1) is 12.5. The van der Waals surface area contributed by atoms with Gasteiger partial charge in [-0.3, -0.25) is 0 Å². The van der Waals surface area contributed by atoms with Gasteiger partial charge in [-0.25, -0.2) is 9.18 Å². The van der Waals surface area contributed by atoms with E-state index >= 15 is 0 Å². The summed E-state index contributed by atoms with van der Waals surface area (Å²) in [7, 11) is 4.36. The van der Waals surface area contributed by atoms with E-state index in [0.717, 1.165) is 11.6 Å². The molecule has 2 N–H and O–H groups in total. The zero-order valence-corrected chi connectivity index (χ0v) is 14.6. The number of ether oxygens (including phenoxy) is 3. The van der Waals surface area contributed by atoms with Gasteiger partial charge >= 0.3 is 6.03 Å². The van der Waals surface area contributed by atoms with E-state index < -0.39 is 11.8 Å². The first-order valence-electron chi connectivity index (χ1n) is 7.55. The number of methoxy groups -OCH3 is 3. The van der Waals surface area contributed by atoms with E-state index in [4.69, 9.17) is 19.5 Å². The van der Waals surface area contributed by atoms with Crippen molar-refractivity contribution in [3.05, 3.63) is 47.3 Å². The average molecular weight is 359 g/mol. The molecule has 0 radical (unpaired) electrons. The van der Waals surface area contributed by atoms with Gasteiger partial charge < -0.3 is 24.8 Å². The molecule has 0 aliphatic heterocycles. The van der Waals surface area contributed by atoms with Crippen LogP contribution in [0.3, 0.4) is 0 Å². The predicted molar refractivity (Wildman–Crippen MR) is 93.1 cm³/mol. The van der Waals surface area contributed by atoms with Crippen LogP contribution in [-0.2, 0) is 6.54 Å². The summed E-state index contributed by atoms with van der Waals surface area (Å²) >= 11 is 0. The van der Waals surface area contributed by atoms with Crippen LogP contribution >= 0.6 is 0 Å². The van der Waals surface area contributed by atoms with Crippen molar-refractivity contribution in [2.24, 2.45) is 0 Å². The lowest BCUT2D eigenvalue weighted by molar-refractivity contribution is 0.251. The summed E-state index contributed by atoms with van der Waals surface area (Å²) in [5, 5.41) is 14.2. The van der Waals surface area contributed by atoms with E-state index in [1.807, 2.05) is 6.07 Å².